The molecule has 1 atom stereocenters. The molecule has 1 aromatic carbocycles. The highest BCUT2D eigenvalue weighted by Crippen LogP contribution is 2.22. The van der Waals surface area contributed by atoms with Gasteiger partial charge < -0.3 is 20.1 Å². The highest BCUT2D eigenvalue weighted by atomic mass is 16.6. The maximum Gasteiger partial charge on any atom is 0.335 e. The number of carbonyl (C=O) groups excluding carboxylic acids is 1. The third-order valence-corrected chi connectivity index (χ3v) is 3.12. The first-order chi connectivity index (χ1) is 10.2. The van der Waals surface area contributed by atoms with E-state index in [1.165, 1.54) is 6.07 Å². The Morgan fingerprint density at radius 3 is 2.59 bits per heavy atom. The lowest BCUT2D eigenvalue weighted by Crippen LogP contribution is -2.28. The van der Waals surface area contributed by atoms with Gasteiger partial charge in [0, 0.05) is 6.20 Å². The molecule has 6 heteroatoms. The summed E-state index contributed by atoms with van der Waals surface area (Å²) in [5, 5.41) is 9.94. The van der Waals surface area contributed by atoms with Crippen LogP contribution >= 0.6 is 0 Å². The van der Waals surface area contributed by atoms with Gasteiger partial charge in [0.1, 0.15) is 5.60 Å². The zero-order valence-corrected chi connectivity index (χ0v) is 12.9. The Labute approximate surface area is 128 Å². The zero-order valence-electron chi connectivity index (χ0n) is 12.9. The maximum absolute atomic E-state index is 11.9. The van der Waals surface area contributed by atoms with Gasteiger partial charge in [-0.05, 0) is 44.4 Å². The molecular formula is C16H20N2O4. The van der Waals surface area contributed by atoms with Crippen molar-refractivity contribution in [1.29, 1.82) is 0 Å². The van der Waals surface area contributed by atoms with Crippen molar-refractivity contribution < 1.29 is 19.4 Å². The Hall–Kier alpha value is -2.34. The number of benzene rings is 1. The third kappa shape index (κ3) is 3.65. The Bertz CT molecular complexity index is 712. The molecule has 1 unspecified atom stereocenters. The SMILES string of the molecule is CC(C)(C)OC(=O)CC(N)n1ccc2ccc(C(=O)O)cc21. The van der Waals surface area contributed by atoms with E-state index in [4.69, 9.17) is 15.6 Å². The van der Waals surface area contributed by atoms with E-state index in [0.717, 1.165) is 5.39 Å². The monoisotopic (exact) mass is 304 g/mol. The second kappa shape index (κ2) is 5.81. The summed E-state index contributed by atoms with van der Waals surface area (Å²) in [5.41, 5.74) is 6.36. The molecule has 2 rings (SSSR count). The van der Waals surface area contributed by atoms with E-state index in [1.807, 2.05) is 6.07 Å². The first-order valence-corrected chi connectivity index (χ1v) is 6.99. The predicted molar refractivity (Wildman–Crippen MR) is 82.6 cm³/mol. The summed E-state index contributed by atoms with van der Waals surface area (Å²) in [6.07, 6.45) is 1.14. The van der Waals surface area contributed by atoms with Crippen LogP contribution in [0.3, 0.4) is 0 Å². The van der Waals surface area contributed by atoms with Crippen LogP contribution in [-0.2, 0) is 9.53 Å². The summed E-state index contributed by atoms with van der Waals surface area (Å²) in [7, 11) is 0. The number of hydrogen-bond donors (Lipinski definition) is 2. The minimum Gasteiger partial charge on any atom is -0.478 e. The molecule has 0 bridgehead atoms. The average molecular weight is 304 g/mol. The number of carbonyl (C=O) groups is 2. The Kier molecular flexibility index (Phi) is 4.23. The number of aromatic nitrogens is 1. The number of esters is 1. The van der Waals surface area contributed by atoms with Gasteiger partial charge in [-0.1, -0.05) is 6.07 Å². The third-order valence-electron chi connectivity index (χ3n) is 3.12. The van der Waals surface area contributed by atoms with E-state index in [1.54, 1.807) is 43.7 Å². The van der Waals surface area contributed by atoms with E-state index >= 15 is 0 Å². The maximum atomic E-state index is 11.9. The number of ether oxygens (including phenoxy) is 1. The van der Waals surface area contributed by atoms with Crippen molar-refractivity contribution in [3.05, 3.63) is 36.0 Å². The first-order valence-electron chi connectivity index (χ1n) is 6.99. The molecule has 0 saturated carbocycles. The quantitative estimate of drug-likeness (QED) is 0.846. The molecule has 2 aromatic rings. The van der Waals surface area contributed by atoms with E-state index in [9.17, 15) is 9.59 Å². The molecule has 1 aromatic heterocycles. The molecule has 1 heterocycles. The molecule has 0 aliphatic heterocycles. The lowest BCUT2D eigenvalue weighted by molar-refractivity contribution is -0.155. The number of carboxylic acid groups (broad SMARTS) is 1. The Morgan fingerprint density at radius 1 is 1.32 bits per heavy atom. The summed E-state index contributed by atoms with van der Waals surface area (Å²) < 4.78 is 6.94. The van der Waals surface area contributed by atoms with Gasteiger partial charge in [0.15, 0.2) is 0 Å². The molecule has 0 saturated heterocycles. The zero-order chi connectivity index (χ0) is 16.5. The van der Waals surface area contributed by atoms with E-state index in [0.29, 0.717) is 5.52 Å². The minimum absolute atomic E-state index is 0.0123. The lowest BCUT2D eigenvalue weighted by Gasteiger charge is -2.21. The fourth-order valence-corrected chi connectivity index (χ4v) is 2.22. The van der Waals surface area contributed by atoms with Gasteiger partial charge in [0.05, 0.1) is 23.7 Å². The van der Waals surface area contributed by atoms with Crippen LogP contribution in [0.4, 0.5) is 0 Å². The van der Waals surface area contributed by atoms with Gasteiger partial charge >= 0.3 is 11.9 Å². The fraction of sp³-hybridized carbons (Fsp3) is 0.375. The molecule has 3 N–H and O–H groups in total. The van der Waals surface area contributed by atoms with Gasteiger partial charge in [0.2, 0.25) is 0 Å². The smallest absolute Gasteiger partial charge is 0.335 e. The fourth-order valence-electron chi connectivity index (χ4n) is 2.22. The van der Waals surface area contributed by atoms with Crippen LogP contribution in [0.1, 0.15) is 43.7 Å². The van der Waals surface area contributed by atoms with Crippen LogP contribution in [0.25, 0.3) is 10.9 Å². The van der Waals surface area contributed by atoms with Gasteiger partial charge in [-0.3, -0.25) is 4.79 Å². The van der Waals surface area contributed by atoms with Crippen molar-refractivity contribution in [2.75, 3.05) is 0 Å². The molecule has 0 amide bonds. The highest BCUT2D eigenvalue weighted by Gasteiger charge is 2.20. The van der Waals surface area contributed by atoms with Crippen molar-refractivity contribution in [3.63, 3.8) is 0 Å². The van der Waals surface area contributed by atoms with E-state index < -0.39 is 23.7 Å². The molecule has 0 aliphatic carbocycles. The van der Waals surface area contributed by atoms with Crippen LogP contribution in [0.15, 0.2) is 30.5 Å². The minimum atomic E-state index is -1.00. The van der Waals surface area contributed by atoms with E-state index in [2.05, 4.69) is 0 Å². The van der Waals surface area contributed by atoms with Crippen LogP contribution in [0.5, 0.6) is 0 Å². The molecular weight excluding hydrogens is 284 g/mol. The number of nitrogens with two attached hydrogens (primary N) is 1. The summed E-state index contributed by atoms with van der Waals surface area (Å²) in [5.74, 6) is -1.40. The summed E-state index contributed by atoms with van der Waals surface area (Å²) in [6.45, 7) is 5.38. The number of nitrogens with zero attached hydrogens (tertiary/aromatic N) is 1. The van der Waals surface area contributed by atoms with Gasteiger partial charge in [-0.25, -0.2) is 4.79 Å². The van der Waals surface area contributed by atoms with E-state index in [-0.39, 0.29) is 12.0 Å². The number of rotatable bonds is 4. The highest BCUT2D eigenvalue weighted by molar-refractivity contribution is 5.93. The summed E-state index contributed by atoms with van der Waals surface area (Å²) in [6, 6.07) is 6.63. The van der Waals surface area contributed by atoms with Crippen LogP contribution in [-0.4, -0.2) is 27.2 Å². The van der Waals surface area contributed by atoms with Crippen LogP contribution in [0.2, 0.25) is 0 Å². The second-order valence-electron chi connectivity index (χ2n) is 6.16. The first kappa shape index (κ1) is 16.0. The van der Waals surface area contributed by atoms with Crippen molar-refractivity contribution >= 4 is 22.8 Å². The summed E-state index contributed by atoms with van der Waals surface area (Å²) >= 11 is 0. The molecule has 0 spiro atoms. The number of fused-ring (bicyclic) bond motifs is 1. The lowest BCUT2D eigenvalue weighted by atomic mass is 10.1. The van der Waals surface area contributed by atoms with Crippen molar-refractivity contribution in [2.24, 2.45) is 5.73 Å². The van der Waals surface area contributed by atoms with Gasteiger partial charge in [-0.15, -0.1) is 0 Å². The van der Waals surface area contributed by atoms with Gasteiger partial charge in [-0.2, -0.15) is 0 Å². The van der Waals surface area contributed by atoms with Crippen molar-refractivity contribution in [3.8, 4) is 0 Å². The normalized spacial score (nSPS) is 13.1. The Balaban J connectivity index is 2.24. The van der Waals surface area contributed by atoms with Crippen molar-refractivity contribution in [1.82, 2.24) is 4.57 Å². The largest absolute Gasteiger partial charge is 0.478 e. The summed E-state index contributed by atoms with van der Waals surface area (Å²) in [4.78, 5) is 22.9. The molecule has 22 heavy (non-hydrogen) atoms. The number of aromatic carboxylic acids is 1. The average Bonchev–Trinajstić information content (AvgIpc) is 2.78. The van der Waals surface area contributed by atoms with Crippen molar-refractivity contribution in [2.45, 2.75) is 39.0 Å². The topological polar surface area (TPSA) is 94.5 Å². The molecule has 0 radical (unpaired) electrons. The van der Waals surface area contributed by atoms with Crippen LogP contribution in [0, 0.1) is 0 Å². The molecule has 118 valence electrons. The van der Waals surface area contributed by atoms with Crippen LogP contribution < -0.4 is 5.73 Å². The molecule has 0 aliphatic rings. The molecule has 6 nitrogen and oxygen atoms in total. The number of hydrogen-bond acceptors (Lipinski definition) is 4. The Morgan fingerprint density at radius 2 is 2.00 bits per heavy atom. The molecule has 0 fully saturated rings. The standard InChI is InChI=1S/C16H20N2O4/c1-16(2,3)22-14(19)9-13(17)18-7-6-10-4-5-11(15(20)21)8-12(10)18/h4-8,13H,9,17H2,1-3H3,(H,20,21). The van der Waals surface area contributed by atoms with Gasteiger partial charge in [0.25, 0.3) is 0 Å². The number of carboxylic acids is 1. The second-order valence-corrected chi connectivity index (χ2v) is 6.16. The predicted octanol–water partition coefficient (Wildman–Crippen LogP) is 2.53.